The van der Waals surface area contributed by atoms with Crippen molar-refractivity contribution in [3.05, 3.63) is 81.8 Å². The Hall–Kier alpha value is -2.19. The highest BCUT2D eigenvalue weighted by molar-refractivity contribution is 7.92. The van der Waals surface area contributed by atoms with Gasteiger partial charge in [-0.1, -0.05) is 29.3 Å². The Morgan fingerprint density at radius 2 is 1.52 bits per heavy atom. The molecule has 0 spiro atoms. The zero-order valence-corrected chi connectivity index (χ0v) is 18.3. The van der Waals surface area contributed by atoms with E-state index in [1.54, 1.807) is 12.1 Å². The number of nitrogens with one attached hydrogen (secondary N) is 2. The number of thiol groups is 1. The lowest BCUT2D eigenvalue weighted by Crippen LogP contribution is -2.19. The van der Waals surface area contributed by atoms with E-state index in [-0.39, 0.29) is 16.1 Å². The summed E-state index contributed by atoms with van der Waals surface area (Å²) in [6, 6.07) is 15.4. The van der Waals surface area contributed by atoms with Crippen LogP contribution in [0.2, 0.25) is 10.0 Å². The third-order valence-corrected chi connectivity index (χ3v) is 6.23. The van der Waals surface area contributed by atoms with Gasteiger partial charge in [-0.15, -0.1) is 12.6 Å². The van der Waals surface area contributed by atoms with Crippen molar-refractivity contribution in [3.8, 4) is 0 Å². The Morgan fingerprint density at radius 3 is 2.17 bits per heavy atom. The second-order valence-corrected chi connectivity index (χ2v) is 9.26. The molecule has 3 aromatic rings. The van der Waals surface area contributed by atoms with E-state index in [1.807, 2.05) is 13.0 Å². The van der Waals surface area contributed by atoms with E-state index in [0.29, 0.717) is 20.6 Å². The normalized spacial score (nSPS) is 11.2. The van der Waals surface area contributed by atoms with Crippen LogP contribution < -0.4 is 10.0 Å². The Labute approximate surface area is 184 Å². The maximum atomic E-state index is 12.8. The second-order valence-electron chi connectivity index (χ2n) is 6.22. The summed E-state index contributed by atoms with van der Waals surface area (Å²) < 4.78 is 27.8. The summed E-state index contributed by atoms with van der Waals surface area (Å²) in [5.41, 5.74) is 1.65. The van der Waals surface area contributed by atoms with Crippen LogP contribution in [0.25, 0.3) is 0 Å². The first kappa shape index (κ1) is 21.5. The van der Waals surface area contributed by atoms with Gasteiger partial charge in [0.05, 0.1) is 21.8 Å². The molecular formula is C20H16Cl2N2O3S2. The molecule has 0 fully saturated rings. The molecule has 0 atom stereocenters. The summed E-state index contributed by atoms with van der Waals surface area (Å²) in [5, 5.41) is 3.43. The molecule has 9 heteroatoms. The van der Waals surface area contributed by atoms with E-state index in [0.717, 1.165) is 5.56 Å². The zero-order chi connectivity index (χ0) is 21.2. The highest BCUT2D eigenvalue weighted by Gasteiger charge is 2.20. The van der Waals surface area contributed by atoms with E-state index in [2.05, 4.69) is 22.7 Å². The van der Waals surface area contributed by atoms with E-state index in [4.69, 9.17) is 23.2 Å². The van der Waals surface area contributed by atoms with Gasteiger partial charge in [-0.3, -0.25) is 9.52 Å². The van der Waals surface area contributed by atoms with Crippen LogP contribution in [0.5, 0.6) is 0 Å². The lowest BCUT2D eigenvalue weighted by molar-refractivity contribution is 0.102. The summed E-state index contributed by atoms with van der Waals surface area (Å²) in [5.74, 6) is -0.527. The van der Waals surface area contributed by atoms with Crippen molar-refractivity contribution in [2.45, 2.75) is 16.7 Å². The van der Waals surface area contributed by atoms with Gasteiger partial charge in [0, 0.05) is 14.9 Å². The monoisotopic (exact) mass is 466 g/mol. The number of hydrogen-bond acceptors (Lipinski definition) is 4. The molecule has 0 saturated heterocycles. The van der Waals surface area contributed by atoms with Crippen LogP contribution in [0.3, 0.4) is 0 Å². The van der Waals surface area contributed by atoms with Crippen LogP contribution in [-0.2, 0) is 10.0 Å². The molecule has 0 aliphatic carbocycles. The first-order chi connectivity index (χ1) is 13.7. The molecule has 2 N–H and O–H groups in total. The van der Waals surface area contributed by atoms with Gasteiger partial charge in [0.25, 0.3) is 15.9 Å². The van der Waals surface area contributed by atoms with Gasteiger partial charge >= 0.3 is 0 Å². The maximum Gasteiger partial charge on any atom is 0.261 e. The Bertz CT molecular complexity index is 1180. The fourth-order valence-electron chi connectivity index (χ4n) is 2.55. The van der Waals surface area contributed by atoms with Gasteiger partial charge < -0.3 is 5.32 Å². The van der Waals surface area contributed by atoms with E-state index in [9.17, 15) is 13.2 Å². The number of amides is 1. The van der Waals surface area contributed by atoms with Crippen molar-refractivity contribution in [2.24, 2.45) is 0 Å². The average Bonchev–Trinajstić information content (AvgIpc) is 2.65. The number of carbonyl (C=O) groups is 1. The Kier molecular flexibility index (Phi) is 6.43. The molecule has 0 aliphatic rings. The molecular weight excluding hydrogens is 451 g/mol. The molecule has 0 saturated carbocycles. The minimum Gasteiger partial charge on any atom is -0.321 e. The summed E-state index contributed by atoms with van der Waals surface area (Å²) in [7, 11) is -3.93. The fourth-order valence-corrected chi connectivity index (χ4v) is 4.26. The van der Waals surface area contributed by atoms with Crippen LogP contribution in [0, 0.1) is 6.92 Å². The van der Waals surface area contributed by atoms with Crippen LogP contribution in [-0.4, -0.2) is 14.3 Å². The van der Waals surface area contributed by atoms with Crippen LogP contribution in [0.1, 0.15) is 15.9 Å². The maximum absolute atomic E-state index is 12.8. The number of aryl methyl sites for hydroxylation is 1. The lowest BCUT2D eigenvalue weighted by atomic mass is 10.1. The van der Waals surface area contributed by atoms with Gasteiger partial charge in [0.15, 0.2) is 0 Å². The molecule has 150 valence electrons. The predicted molar refractivity (Wildman–Crippen MR) is 120 cm³/mol. The standard InChI is InChI=1S/C20H16Cl2N2O3S2/c1-12-2-8-18(19(28)10-12)23-20(25)16-11-14(22)5-9-17(16)24-29(26,27)15-6-3-13(21)4-7-15/h2-11,24,28H,1H3,(H,23,25). The van der Waals surface area contributed by atoms with E-state index >= 15 is 0 Å². The minimum atomic E-state index is -3.93. The highest BCUT2D eigenvalue weighted by Crippen LogP contribution is 2.27. The first-order valence-corrected chi connectivity index (χ1v) is 11.0. The van der Waals surface area contributed by atoms with Crippen molar-refractivity contribution >= 4 is 63.1 Å². The molecule has 3 rings (SSSR count). The molecule has 29 heavy (non-hydrogen) atoms. The molecule has 5 nitrogen and oxygen atoms in total. The predicted octanol–water partition coefficient (Wildman–Crippen LogP) is 5.64. The topological polar surface area (TPSA) is 75.3 Å². The second kappa shape index (κ2) is 8.67. The summed E-state index contributed by atoms with van der Waals surface area (Å²) in [4.78, 5) is 13.4. The van der Waals surface area contributed by atoms with Crippen molar-refractivity contribution < 1.29 is 13.2 Å². The molecule has 0 bridgehead atoms. The number of benzene rings is 3. The number of halogens is 2. The molecule has 0 heterocycles. The van der Waals surface area contributed by atoms with Crippen molar-refractivity contribution in [3.63, 3.8) is 0 Å². The molecule has 0 radical (unpaired) electrons. The molecule has 1 amide bonds. The van der Waals surface area contributed by atoms with Gasteiger partial charge in [-0.25, -0.2) is 8.42 Å². The largest absolute Gasteiger partial charge is 0.321 e. The van der Waals surface area contributed by atoms with E-state index < -0.39 is 15.9 Å². The fraction of sp³-hybridized carbons (Fsp3) is 0.0500. The molecule has 0 aliphatic heterocycles. The zero-order valence-electron chi connectivity index (χ0n) is 15.1. The van der Waals surface area contributed by atoms with Crippen LogP contribution in [0.15, 0.2) is 70.5 Å². The average molecular weight is 467 g/mol. The van der Waals surface area contributed by atoms with Crippen molar-refractivity contribution in [1.82, 2.24) is 0 Å². The lowest BCUT2D eigenvalue weighted by Gasteiger charge is -2.14. The number of rotatable bonds is 5. The molecule has 0 unspecified atom stereocenters. The quantitative estimate of drug-likeness (QED) is 0.425. The third-order valence-electron chi connectivity index (χ3n) is 4.00. The van der Waals surface area contributed by atoms with Gasteiger partial charge in [-0.05, 0) is 67.1 Å². The number of sulfonamides is 1. The highest BCUT2D eigenvalue weighted by atomic mass is 35.5. The summed E-state index contributed by atoms with van der Waals surface area (Å²) in [6.45, 7) is 1.91. The van der Waals surface area contributed by atoms with Crippen molar-refractivity contribution in [2.75, 3.05) is 10.0 Å². The smallest absolute Gasteiger partial charge is 0.261 e. The number of hydrogen-bond donors (Lipinski definition) is 3. The molecule has 3 aromatic carbocycles. The Balaban J connectivity index is 1.93. The SMILES string of the molecule is Cc1ccc(NC(=O)c2cc(Cl)ccc2NS(=O)(=O)c2ccc(Cl)cc2)c(S)c1. The summed E-state index contributed by atoms with van der Waals surface area (Å²) in [6.07, 6.45) is 0. The number of carbonyl (C=O) groups excluding carboxylic acids is 1. The molecule has 0 aromatic heterocycles. The third kappa shape index (κ3) is 5.25. The van der Waals surface area contributed by atoms with Gasteiger partial charge in [-0.2, -0.15) is 0 Å². The van der Waals surface area contributed by atoms with Crippen LogP contribution in [0.4, 0.5) is 11.4 Å². The van der Waals surface area contributed by atoms with Crippen molar-refractivity contribution in [1.29, 1.82) is 0 Å². The minimum absolute atomic E-state index is 0.0133. The van der Waals surface area contributed by atoms with Gasteiger partial charge in [0.2, 0.25) is 0 Å². The van der Waals surface area contributed by atoms with E-state index in [1.165, 1.54) is 42.5 Å². The van der Waals surface area contributed by atoms with Gasteiger partial charge in [0.1, 0.15) is 0 Å². The van der Waals surface area contributed by atoms with Crippen LogP contribution >= 0.6 is 35.8 Å². The summed E-state index contributed by atoms with van der Waals surface area (Å²) >= 11 is 16.2. The number of anilines is 2. The first-order valence-electron chi connectivity index (χ1n) is 8.34. The Morgan fingerprint density at radius 1 is 0.897 bits per heavy atom.